The highest BCUT2D eigenvalue weighted by atomic mass is 16.6. The molecule has 1 atom stereocenters. The van der Waals surface area contributed by atoms with Crippen molar-refractivity contribution >= 4 is 17.9 Å². The number of carbonyl (C=O) groups is 3. The number of unbranched alkanes of at least 4 members (excludes halogenated alkanes) is 36. The summed E-state index contributed by atoms with van der Waals surface area (Å²) in [4.78, 5) is 38.0. The van der Waals surface area contributed by atoms with Crippen LogP contribution in [0.15, 0.2) is 0 Å². The van der Waals surface area contributed by atoms with Gasteiger partial charge in [0, 0.05) is 19.3 Å². The van der Waals surface area contributed by atoms with Gasteiger partial charge >= 0.3 is 17.9 Å². The molecule has 374 valence electrons. The van der Waals surface area contributed by atoms with E-state index in [1.807, 2.05) is 0 Å². The number of carbonyl (C=O) groups excluding carboxylic acids is 3. The number of hydrogen-bond acceptors (Lipinski definition) is 6. The molecule has 63 heavy (non-hydrogen) atoms. The van der Waals surface area contributed by atoms with Gasteiger partial charge in [0.2, 0.25) is 0 Å². The maximum absolute atomic E-state index is 12.8. The van der Waals surface area contributed by atoms with Crippen molar-refractivity contribution in [1.29, 1.82) is 0 Å². The standard InChI is InChI=1S/C57H110O6/c1-6-7-8-9-10-11-12-13-21-24-27-32-37-42-47-55(58)61-50-54(63-57(60)49-44-39-34-29-31-36-41-46-53(4)5)51-62-56(59)48-43-38-33-28-25-22-19-17-15-14-16-18-20-23-26-30-35-40-45-52(2)3/h52-54H,6-51H2,1-5H3/t54-/m1/s1. The zero-order valence-corrected chi connectivity index (χ0v) is 43.2. The Labute approximate surface area is 393 Å². The first-order chi connectivity index (χ1) is 30.7. The van der Waals surface area contributed by atoms with Crippen molar-refractivity contribution in [2.75, 3.05) is 13.2 Å². The van der Waals surface area contributed by atoms with Gasteiger partial charge in [-0.2, -0.15) is 0 Å². The largest absolute Gasteiger partial charge is 0.462 e. The number of rotatable bonds is 51. The highest BCUT2D eigenvalue weighted by molar-refractivity contribution is 5.71. The summed E-state index contributed by atoms with van der Waals surface area (Å²) in [7, 11) is 0. The SMILES string of the molecule is CCCCCCCCCCCCCCCCC(=O)OC[C@H](COC(=O)CCCCCCCCCCCCCCCCCCCCC(C)C)OC(=O)CCCCCCCCCC(C)C. The second-order valence-electron chi connectivity index (χ2n) is 20.5. The Morgan fingerprint density at radius 3 is 0.778 bits per heavy atom. The minimum absolute atomic E-state index is 0.0637. The van der Waals surface area contributed by atoms with E-state index in [-0.39, 0.29) is 31.1 Å². The van der Waals surface area contributed by atoms with Gasteiger partial charge in [-0.25, -0.2) is 0 Å². The Hall–Kier alpha value is -1.59. The molecular formula is C57H110O6. The molecule has 0 aromatic carbocycles. The Morgan fingerprint density at radius 2 is 0.524 bits per heavy atom. The van der Waals surface area contributed by atoms with Gasteiger partial charge in [0.15, 0.2) is 6.10 Å². The van der Waals surface area contributed by atoms with Crippen molar-refractivity contribution in [2.45, 2.75) is 323 Å². The van der Waals surface area contributed by atoms with Crippen molar-refractivity contribution in [3.63, 3.8) is 0 Å². The second-order valence-corrected chi connectivity index (χ2v) is 20.5. The molecule has 0 rings (SSSR count). The van der Waals surface area contributed by atoms with E-state index in [0.717, 1.165) is 69.6 Å². The van der Waals surface area contributed by atoms with Gasteiger partial charge < -0.3 is 14.2 Å². The number of esters is 3. The molecule has 0 saturated carbocycles. The highest BCUT2D eigenvalue weighted by Gasteiger charge is 2.19. The van der Waals surface area contributed by atoms with Crippen LogP contribution in [0.3, 0.4) is 0 Å². The fourth-order valence-electron chi connectivity index (χ4n) is 8.70. The lowest BCUT2D eigenvalue weighted by Crippen LogP contribution is -2.30. The summed E-state index contributed by atoms with van der Waals surface area (Å²) in [5.41, 5.74) is 0. The average molecular weight is 892 g/mol. The van der Waals surface area contributed by atoms with Crippen LogP contribution >= 0.6 is 0 Å². The summed E-state index contributed by atoms with van der Waals surface area (Å²) < 4.78 is 16.8. The third-order valence-electron chi connectivity index (χ3n) is 13.0. The van der Waals surface area contributed by atoms with Crippen molar-refractivity contribution in [1.82, 2.24) is 0 Å². The normalized spacial score (nSPS) is 12.0. The van der Waals surface area contributed by atoms with Crippen molar-refractivity contribution in [3.8, 4) is 0 Å². The van der Waals surface area contributed by atoms with E-state index in [4.69, 9.17) is 14.2 Å². The zero-order valence-electron chi connectivity index (χ0n) is 43.2. The molecule has 0 amide bonds. The fraction of sp³-hybridized carbons (Fsp3) is 0.947. The number of ether oxygens (including phenoxy) is 3. The quantitative estimate of drug-likeness (QED) is 0.0344. The van der Waals surface area contributed by atoms with Gasteiger partial charge in [-0.1, -0.05) is 279 Å². The molecule has 0 aliphatic heterocycles. The molecule has 0 unspecified atom stereocenters. The van der Waals surface area contributed by atoms with Gasteiger partial charge in [0.05, 0.1) is 0 Å². The molecule has 0 bridgehead atoms. The third-order valence-corrected chi connectivity index (χ3v) is 13.0. The van der Waals surface area contributed by atoms with Crippen molar-refractivity contribution in [2.24, 2.45) is 11.8 Å². The van der Waals surface area contributed by atoms with Crippen LogP contribution in [-0.2, 0) is 28.6 Å². The molecule has 0 spiro atoms. The smallest absolute Gasteiger partial charge is 0.306 e. The van der Waals surface area contributed by atoms with Gasteiger partial charge in [-0.05, 0) is 31.1 Å². The van der Waals surface area contributed by atoms with Crippen molar-refractivity contribution < 1.29 is 28.6 Å². The molecule has 0 radical (unpaired) electrons. The Kier molecular flexibility index (Phi) is 48.6. The molecule has 0 N–H and O–H groups in total. The monoisotopic (exact) mass is 891 g/mol. The van der Waals surface area contributed by atoms with E-state index < -0.39 is 6.10 Å². The minimum atomic E-state index is -0.762. The lowest BCUT2D eigenvalue weighted by molar-refractivity contribution is -0.167. The van der Waals surface area contributed by atoms with Gasteiger partial charge in [-0.15, -0.1) is 0 Å². The van der Waals surface area contributed by atoms with Gasteiger partial charge in [0.25, 0.3) is 0 Å². The van der Waals surface area contributed by atoms with Crippen molar-refractivity contribution in [3.05, 3.63) is 0 Å². The predicted octanol–water partition coefficient (Wildman–Crippen LogP) is 18.5. The van der Waals surface area contributed by atoms with E-state index in [9.17, 15) is 14.4 Å². The fourth-order valence-corrected chi connectivity index (χ4v) is 8.70. The first kappa shape index (κ1) is 61.4. The van der Waals surface area contributed by atoms with Crippen LogP contribution in [0.4, 0.5) is 0 Å². The molecule has 0 saturated heterocycles. The summed E-state index contributed by atoms with van der Waals surface area (Å²) in [6.45, 7) is 11.4. The first-order valence-electron chi connectivity index (χ1n) is 28.2. The van der Waals surface area contributed by atoms with E-state index >= 15 is 0 Å². The molecule has 6 heteroatoms. The maximum Gasteiger partial charge on any atom is 0.306 e. The van der Waals surface area contributed by atoms with Crippen LogP contribution in [0.2, 0.25) is 0 Å². The van der Waals surface area contributed by atoms with Crippen LogP contribution in [0, 0.1) is 11.8 Å². The van der Waals surface area contributed by atoms with Gasteiger partial charge in [-0.3, -0.25) is 14.4 Å². The summed E-state index contributed by atoms with van der Waals surface area (Å²) in [6, 6.07) is 0. The second kappa shape index (κ2) is 49.8. The molecule has 0 heterocycles. The van der Waals surface area contributed by atoms with E-state index in [2.05, 4.69) is 34.6 Å². The summed E-state index contributed by atoms with van der Waals surface area (Å²) in [5, 5.41) is 0. The van der Waals surface area contributed by atoms with Crippen LogP contribution in [0.5, 0.6) is 0 Å². The molecular weight excluding hydrogens is 781 g/mol. The number of hydrogen-bond donors (Lipinski definition) is 0. The summed E-state index contributed by atoms with van der Waals surface area (Å²) in [5.74, 6) is 0.791. The Balaban J connectivity index is 4.19. The molecule has 0 aromatic heterocycles. The van der Waals surface area contributed by atoms with E-state index in [0.29, 0.717) is 19.3 Å². The summed E-state index contributed by atoms with van der Waals surface area (Å²) >= 11 is 0. The van der Waals surface area contributed by atoms with Crippen LogP contribution < -0.4 is 0 Å². The maximum atomic E-state index is 12.8. The summed E-state index contributed by atoms with van der Waals surface area (Å²) in [6.07, 6.45) is 52.5. The molecule has 0 aliphatic carbocycles. The van der Waals surface area contributed by atoms with Crippen LogP contribution in [0.25, 0.3) is 0 Å². The lowest BCUT2D eigenvalue weighted by atomic mass is 10.0. The zero-order chi connectivity index (χ0) is 46.1. The third kappa shape index (κ3) is 51.3. The van der Waals surface area contributed by atoms with Crippen LogP contribution in [0.1, 0.15) is 317 Å². The Morgan fingerprint density at radius 1 is 0.302 bits per heavy atom. The first-order valence-corrected chi connectivity index (χ1v) is 28.2. The van der Waals surface area contributed by atoms with Crippen LogP contribution in [-0.4, -0.2) is 37.2 Å². The average Bonchev–Trinajstić information content (AvgIpc) is 3.25. The molecule has 0 fully saturated rings. The Bertz CT molecular complexity index is 962. The van der Waals surface area contributed by atoms with E-state index in [1.54, 1.807) is 0 Å². The molecule has 6 nitrogen and oxygen atoms in total. The molecule has 0 aliphatic rings. The van der Waals surface area contributed by atoms with Gasteiger partial charge in [0.1, 0.15) is 13.2 Å². The predicted molar refractivity (Wildman–Crippen MR) is 270 cm³/mol. The highest BCUT2D eigenvalue weighted by Crippen LogP contribution is 2.18. The topological polar surface area (TPSA) is 78.9 Å². The minimum Gasteiger partial charge on any atom is -0.462 e. The van der Waals surface area contributed by atoms with E-state index in [1.165, 1.54) is 205 Å². The lowest BCUT2D eigenvalue weighted by Gasteiger charge is -2.18. The molecule has 0 aromatic rings.